The molecule has 0 aliphatic heterocycles. The summed E-state index contributed by atoms with van der Waals surface area (Å²) in [6.07, 6.45) is 4.86. The molecule has 4 nitrogen and oxygen atoms in total. The predicted molar refractivity (Wildman–Crippen MR) is 110 cm³/mol. The molecule has 1 heterocycles. The summed E-state index contributed by atoms with van der Waals surface area (Å²) in [6, 6.07) is 12.3. The molecule has 0 radical (unpaired) electrons. The highest BCUT2D eigenvalue weighted by molar-refractivity contribution is 9.10. The van der Waals surface area contributed by atoms with Gasteiger partial charge in [0.1, 0.15) is 11.6 Å². The quantitative estimate of drug-likeness (QED) is 0.592. The van der Waals surface area contributed by atoms with Crippen molar-refractivity contribution in [1.82, 2.24) is 4.98 Å². The molecule has 0 bridgehead atoms. The molecule has 1 saturated carbocycles. The number of ether oxygens (including phenoxy) is 1. The minimum atomic E-state index is -0.582. The van der Waals surface area contributed by atoms with Crippen LogP contribution in [0.3, 0.4) is 0 Å². The number of nitrogens with zero attached hydrogens (tertiary/aromatic N) is 1. The topological polar surface area (TPSA) is 65.2 Å². The number of primary amides is 1. The van der Waals surface area contributed by atoms with E-state index in [1.165, 1.54) is 12.1 Å². The minimum Gasteiger partial charge on any atom is -0.490 e. The molecule has 1 amide bonds. The van der Waals surface area contributed by atoms with Crippen molar-refractivity contribution in [2.75, 3.05) is 0 Å². The van der Waals surface area contributed by atoms with Crippen LogP contribution in [-0.2, 0) is 0 Å². The number of hydrogen-bond donors (Lipinski definition) is 1. The molecule has 1 aromatic heterocycles. The Morgan fingerprint density at radius 2 is 1.86 bits per heavy atom. The van der Waals surface area contributed by atoms with Gasteiger partial charge >= 0.3 is 0 Å². The first-order valence-electron chi connectivity index (χ1n) is 9.32. The normalized spacial score (nSPS) is 19.5. The SMILES string of the molecule is NC(=O)c1cccc(F)c1C1CCC(Oc2ccnc3c(Br)cccc23)CC1. The zero-order valence-electron chi connectivity index (χ0n) is 15.2. The Kier molecular flexibility index (Phi) is 5.31. The zero-order valence-corrected chi connectivity index (χ0v) is 16.8. The molecule has 0 saturated heterocycles. The smallest absolute Gasteiger partial charge is 0.249 e. The number of pyridine rings is 1. The lowest BCUT2D eigenvalue weighted by molar-refractivity contribution is 0.0997. The van der Waals surface area contributed by atoms with Crippen molar-refractivity contribution < 1.29 is 13.9 Å². The van der Waals surface area contributed by atoms with E-state index in [0.29, 0.717) is 5.56 Å². The molecule has 4 rings (SSSR count). The fourth-order valence-electron chi connectivity index (χ4n) is 4.03. The average molecular weight is 443 g/mol. The fourth-order valence-corrected chi connectivity index (χ4v) is 4.50. The maximum Gasteiger partial charge on any atom is 0.249 e. The van der Waals surface area contributed by atoms with Gasteiger partial charge in [0, 0.05) is 27.2 Å². The van der Waals surface area contributed by atoms with Crippen LogP contribution in [0.5, 0.6) is 5.75 Å². The second-order valence-corrected chi connectivity index (χ2v) is 7.96. The van der Waals surface area contributed by atoms with Crippen molar-refractivity contribution in [1.29, 1.82) is 0 Å². The number of amides is 1. The van der Waals surface area contributed by atoms with Gasteiger partial charge in [0.2, 0.25) is 5.91 Å². The molecule has 1 aliphatic carbocycles. The highest BCUT2D eigenvalue weighted by Gasteiger charge is 2.28. The second-order valence-electron chi connectivity index (χ2n) is 7.10. The lowest BCUT2D eigenvalue weighted by Crippen LogP contribution is -2.25. The van der Waals surface area contributed by atoms with Gasteiger partial charge in [-0.2, -0.15) is 0 Å². The van der Waals surface area contributed by atoms with Gasteiger partial charge < -0.3 is 10.5 Å². The van der Waals surface area contributed by atoms with Crippen LogP contribution in [0.2, 0.25) is 0 Å². The Labute approximate surface area is 171 Å². The molecule has 0 spiro atoms. The van der Waals surface area contributed by atoms with Gasteiger partial charge in [-0.3, -0.25) is 9.78 Å². The summed E-state index contributed by atoms with van der Waals surface area (Å²) in [4.78, 5) is 16.1. The molecular weight excluding hydrogens is 423 g/mol. The summed E-state index contributed by atoms with van der Waals surface area (Å²) >= 11 is 3.52. The van der Waals surface area contributed by atoms with Gasteiger partial charge in [-0.1, -0.05) is 12.1 Å². The average Bonchev–Trinajstić information content (AvgIpc) is 2.69. The maximum absolute atomic E-state index is 14.4. The van der Waals surface area contributed by atoms with E-state index in [4.69, 9.17) is 10.5 Å². The zero-order chi connectivity index (χ0) is 19.7. The number of para-hydroxylation sites is 1. The van der Waals surface area contributed by atoms with E-state index in [1.807, 2.05) is 24.3 Å². The second kappa shape index (κ2) is 7.87. The monoisotopic (exact) mass is 442 g/mol. The summed E-state index contributed by atoms with van der Waals surface area (Å²) in [6.45, 7) is 0. The number of rotatable bonds is 4. The molecule has 2 aromatic carbocycles. The van der Waals surface area contributed by atoms with Gasteiger partial charge in [-0.25, -0.2) is 4.39 Å². The van der Waals surface area contributed by atoms with Crippen LogP contribution in [0.1, 0.15) is 47.5 Å². The largest absolute Gasteiger partial charge is 0.490 e. The van der Waals surface area contributed by atoms with E-state index in [9.17, 15) is 9.18 Å². The number of hydrogen-bond acceptors (Lipinski definition) is 3. The highest BCUT2D eigenvalue weighted by atomic mass is 79.9. The van der Waals surface area contributed by atoms with Crippen molar-refractivity contribution in [3.05, 3.63) is 70.1 Å². The van der Waals surface area contributed by atoms with Crippen molar-refractivity contribution >= 4 is 32.7 Å². The molecule has 28 heavy (non-hydrogen) atoms. The van der Waals surface area contributed by atoms with Crippen molar-refractivity contribution in [2.45, 2.75) is 37.7 Å². The fraction of sp³-hybridized carbons (Fsp3) is 0.273. The van der Waals surface area contributed by atoms with Crippen LogP contribution < -0.4 is 10.5 Å². The Morgan fingerprint density at radius 3 is 2.61 bits per heavy atom. The number of carbonyl (C=O) groups is 1. The first-order chi connectivity index (χ1) is 13.5. The Morgan fingerprint density at radius 1 is 1.11 bits per heavy atom. The Bertz CT molecular complexity index is 1030. The summed E-state index contributed by atoms with van der Waals surface area (Å²) in [5.74, 6) is -0.155. The third kappa shape index (κ3) is 3.61. The first kappa shape index (κ1) is 18.9. The summed E-state index contributed by atoms with van der Waals surface area (Å²) < 4.78 is 21.6. The lowest BCUT2D eigenvalue weighted by atomic mass is 9.80. The number of nitrogens with two attached hydrogens (primary N) is 1. The molecule has 0 atom stereocenters. The highest BCUT2D eigenvalue weighted by Crippen LogP contribution is 2.38. The van der Waals surface area contributed by atoms with Gasteiger partial charge in [0.05, 0.1) is 11.6 Å². The molecule has 6 heteroatoms. The van der Waals surface area contributed by atoms with E-state index in [-0.39, 0.29) is 23.4 Å². The van der Waals surface area contributed by atoms with Gasteiger partial charge in [0.15, 0.2) is 0 Å². The van der Waals surface area contributed by atoms with Gasteiger partial charge in [-0.05, 0) is 77.9 Å². The van der Waals surface area contributed by atoms with E-state index in [2.05, 4.69) is 20.9 Å². The van der Waals surface area contributed by atoms with E-state index in [1.54, 1.807) is 12.3 Å². The van der Waals surface area contributed by atoms with Crippen LogP contribution in [-0.4, -0.2) is 17.0 Å². The maximum atomic E-state index is 14.4. The lowest BCUT2D eigenvalue weighted by Gasteiger charge is -2.30. The number of carbonyl (C=O) groups excluding carboxylic acids is 1. The molecule has 0 unspecified atom stereocenters. The van der Waals surface area contributed by atoms with Crippen molar-refractivity contribution in [3.8, 4) is 5.75 Å². The third-order valence-corrected chi connectivity index (χ3v) is 6.02. The molecule has 2 N–H and O–H groups in total. The molecule has 1 fully saturated rings. The van der Waals surface area contributed by atoms with Crippen molar-refractivity contribution in [2.24, 2.45) is 5.73 Å². The van der Waals surface area contributed by atoms with Crippen LogP contribution in [0.15, 0.2) is 53.1 Å². The van der Waals surface area contributed by atoms with Gasteiger partial charge in [0.25, 0.3) is 0 Å². The molecule has 3 aromatic rings. The summed E-state index contributed by atoms with van der Waals surface area (Å²) in [7, 11) is 0. The number of fused-ring (bicyclic) bond motifs is 1. The molecule has 144 valence electrons. The Hall–Kier alpha value is -2.47. The van der Waals surface area contributed by atoms with Crippen LogP contribution >= 0.6 is 15.9 Å². The minimum absolute atomic E-state index is 0.0214. The summed E-state index contributed by atoms with van der Waals surface area (Å²) in [5.41, 5.74) is 7.05. The number of benzene rings is 2. The predicted octanol–water partition coefficient (Wildman–Crippen LogP) is 5.34. The van der Waals surface area contributed by atoms with E-state index < -0.39 is 5.91 Å². The molecule has 1 aliphatic rings. The first-order valence-corrected chi connectivity index (χ1v) is 10.1. The van der Waals surface area contributed by atoms with Crippen LogP contribution in [0.4, 0.5) is 4.39 Å². The van der Waals surface area contributed by atoms with Gasteiger partial charge in [-0.15, -0.1) is 0 Å². The van der Waals surface area contributed by atoms with E-state index >= 15 is 0 Å². The Balaban J connectivity index is 1.51. The van der Waals surface area contributed by atoms with Crippen LogP contribution in [0, 0.1) is 5.82 Å². The number of halogens is 2. The molecular formula is C22H20BrFN2O2. The van der Waals surface area contributed by atoms with Crippen molar-refractivity contribution in [3.63, 3.8) is 0 Å². The standard InChI is InChI=1S/C22H20BrFN2O2/c23-17-5-1-3-15-19(11-12-26-21(15)17)28-14-9-7-13(8-10-14)20-16(22(25)27)4-2-6-18(20)24/h1-6,11-14H,7-10H2,(H2,25,27). The summed E-state index contributed by atoms with van der Waals surface area (Å²) in [5, 5.41) is 0.962. The number of aromatic nitrogens is 1. The third-order valence-electron chi connectivity index (χ3n) is 5.38. The van der Waals surface area contributed by atoms with Crippen LogP contribution in [0.25, 0.3) is 10.9 Å². The van der Waals surface area contributed by atoms with E-state index in [0.717, 1.165) is 46.8 Å².